The molecule has 0 atom stereocenters. The summed E-state index contributed by atoms with van der Waals surface area (Å²) < 4.78 is 5.64. The fourth-order valence-electron chi connectivity index (χ4n) is 1.35. The molecule has 1 aromatic heterocycles. The summed E-state index contributed by atoms with van der Waals surface area (Å²) in [5.41, 5.74) is 6.33. The maximum Gasteiger partial charge on any atom is 0.227 e. The molecule has 0 aliphatic rings. The molecule has 0 amide bonds. The number of aryl methyl sites for hydroxylation is 1. The Morgan fingerprint density at radius 1 is 1.28 bits per heavy atom. The van der Waals surface area contributed by atoms with E-state index in [1.807, 2.05) is 0 Å². The van der Waals surface area contributed by atoms with Crippen molar-refractivity contribution in [3.8, 4) is 11.6 Å². The molecule has 2 aromatic rings. The van der Waals surface area contributed by atoms with Crippen LogP contribution in [0.4, 0.5) is 0 Å². The zero-order valence-electron chi connectivity index (χ0n) is 9.65. The van der Waals surface area contributed by atoms with Crippen molar-refractivity contribution in [2.75, 3.05) is 0 Å². The molecule has 0 fully saturated rings. The van der Waals surface area contributed by atoms with E-state index in [1.54, 1.807) is 31.3 Å². The Labute approximate surface area is 115 Å². The fourth-order valence-corrected chi connectivity index (χ4v) is 1.64. The van der Waals surface area contributed by atoms with Crippen LogP contribution in [-0.2, 0) is 6.54 Å². The van der Waals surface area contributed by atoms with E-state index in [-0.39, 0.29) is 0 Å². The molecule has 2 rings (SSSR count). The summed E-state index contributed by atoms with van der Waals surface area (Å²) in [6.07, 6.45) is 1.65. The molecule has 0 bridgehead atoms. The van der Waals surface area contributed by atoms with Crippen LogP contribution in [0.2, 0.25) is 10.0 Å². The van der Waals surface area contributed by atoms with Crippen LogP contribution in [-0.4, -0.2) is 9.97 Å². The minimum absolute atomic E-state index is 0.303. The summed E-state index contributed by atoms with van der Waals surface area (Å²) in [4.78, 5) is 8.27. The zero-order chi connectivity index (χ0) is 13.1. The van der Waals surface area contributed by atoms with Gasteiger partial charge in [0.05, 0.1) is 10.0 Å². The zero-order valence-corrected chi connectivity index (χ0v) is 11.2. The van der Waals surface area contributed by atoms with E-state index in [4.69, 9.17) is 33.7 Å². The lowest BCUT2D eigenvalue weighted by Crippen LogP contribution is -2.03. The molecule has 18 heavy (non-hydrogen) atoms. The number of nitrogens with two attached hydrogens (primary N) is 1. The molecule has 0 spiro atoms. The van der Waals surface area contributed by atoms with Crippen molar-refractivity contribution in [1.82, 2.24) is 9.97 Å². The predicted molar refractivity (Wildman–Crippen MR) is 71.2 cm³/mol. The summed E-state index contributed by atoms with van der Waals surface area (Å²) in [6, 6.07) is 5.00. The van der Waals surface area contributed by atoms with E-state index < -0.39 is 0 Å². The van der Waals surface area contributed by atoms with Gasteiger partial charge in [-0.15, -0.1) is 0 Å². The summed E-state index contributed by atoms with van der Waals surface area (Å²) in [7, 11) is 0. The standard InChI is InChI=1S/C12H11Cl2N3O/c1-7-16-6-8(5-15)12(17-7)18-9-2-3-10(13)11(14)4-9/h2-4,6H,5,15H2,1H3. The molecule has 0 saturated heterocycles. The Hall–Kier alpha value is -1.36. The lowest BCUT2D eigenvalue weighted by atomic mass is 10.3. The van der Waals surface area contributed by atoms with E-state index in [0.29, 0.717) is 34.0 Å². The molecule has 0 radical (unpaired) electrons. The normalized spacial score (nSPS) is 10.4. The minimum Gasteiger partial charge on any atom is -0.439 e. The van der Waals surface area contributed by atoms with Gasteiger partial charge in [-0.2, -0.15) is 4.98 Å². The maximum atomic E-state index is 5.92. The number of hydrogen-bond acceptors (Lipinski definition) is 4. The molecule has 94 valence electrons. The van der Waals surface area contributed by atoms with Crippen LogP contribution in [0.3, 0.4) is 0 Å². The van der Waals surface area contributed by atoms with Crippen molar-refractivity contribution in [2.24, 2.45) is 5.73 Å². The monoisotopic (exact) mass is 283 g/mol. The topological polar surface area (TPSA) is 61.0 Å². The van der Waals surface area contributed by atoms with E-state index in [1.165, 1.54) is 0 Å². The highest BCUT2D eigenvalue weighted by molar-refractivity contribution is 6.42. The van der Waals surface area contributed by atoms with Gasteiger partial charge in [0.15, 0.2) is 0 Å². The van der Waals surface area contributed by atoms with Crippen molar-refractivity contribution in [3.63, 3.8) is 0 Å². The Kier molecular flexibility index (Phi) is 4.01. The highest BCUT2D eigenvalue weighted by Crippen LogP contribution is 2.29. The van der Waals surface area contributed by atoms with Gasteiger partial charge in [0.2, 0.25) is 5.88 Å². The first-order chi connectivity index (χ1) is 8.60. The van der Waals surface area contributed by atoms with Crippen LogP contribution in [0.15, 0.2) is 24.4 Å². The van der Waals surface area contributed by atoms with Gasteiger partial charge in [-0.05, 0) is 19.1 Å². The summed E-state index contributed by atoms with van der Waals surface area (Å²) in [5.74, 6) is 1.60. The molecule has 1 heterocycles. The molecule has 2 N–H and O–H groups in total. The third-order valence-corrected chi connectivity index (χ3v) is 3.01. The van der Waals surface area contributed by atoms with E-state index in [0.717, 1.165) is 5.56 Å². The Morgan fingerprint density at radius 2 is 2.06 bits per heavy atom. The lowest BCUT2D eigenvalue weighted by Gasteiger charge is -2.09. The van der Waals surface area contributed by atoms with Crippen molar-refractivity contribution < 1.29 is 4.74 Å². The van der Waals surface area contributed by atoms with Gasteiger partial charge in [0, 0.05) is 24.4 Å². The Morgan fingerprint density at radius 3 is 2.72 bits per heavy atom. The summed E-state index contributed by atoms with van der Waals surface area (Å²) >= 11 is 11.7. The van der Waals surface area contributed by atoms with Crippen molar-refractivity contribution in [1.29, 1.82) is 0 Å². The number of hydrogen-bond donors (Lipinski definition) is 1. The summed E-state index contributed by atoms with van der Waals surface area (Å²) in [6.45, 7) is 2.08. The average Bonchev–Trinajstić information content (AvgIpc) is 2.34. The predicted octanol–water partition coefficient (Wildman–Crippen LogP) is 3.34. The van der Waals surface area contributed by atoms with Crippen LogP contribution >= 0.6 is 23.2 Å². The number of benzene rings is 1. The number of aromatic nitrogens is 2. The van der Waals surface area contributed by atoms with E-state index in [9.17, 15) is 0 Å². The molecular weight excluding hydrogens is 273 g/mol. The first-order valence-electron chi connectivity index (χ1n) is 5.25. The number of nitrogens with zero attached hydrogens (tertiary/aromatic N) is 2. The molecule has 4 nitrogen and oxygen atoms in total. The van der Waals surface area contributed by atoms with Crippen LogP contribution < -0.4 is 10.5 Å². The van der Waals surface area contributed by atoms with Gasteiger partial charge >= 0.3 is 0 Å². The van der Waals surface area contributed by atoms with Crippen molar-refractivity contribution in [3.05, 3.63) is 45.8 Å². The number of halogens is 2. The van der Waals surface area contributed by atoms with Crippen LogP contribution in [0, 0.1) is 6.92 Å². The highest BCUT2D eigenvalue weighted by atomic mass is 35.5. The van der Waals surface area contributed by atoms with Gasteiger partial charge in [-0.3, -0.25) is 0 Å². The average molecular weight is 284 g/mol. The van der Waals surface area contributed by atoms with Crippen LogP contribution in [0.1, 0.15) is 11.4 Å². The maximum absolute atomic E-state index is 5.92. The second-order valence-electron chi connectivity index (χ2n) is 3.63. The summed E-state index contributed by atoms with van der Waals surface area (Å²) in [5, 5.41) is 0.899. The molecule has 0 aliphatic carbocycles. The van der Waals surface area contributed by atoms with Gasteiger partial charge in [-0.25, -0.2) is 4.98 Å². The fraction of sp³-hybridized carbons (Fsp3) is 0.167. The van der Waals surface area contributed by atoms with Crippen molar-refractivity contribution >= 4 is 23.2 Å². The minimum atomic E-state index is 0.303. The SMILES string of the molecule is Cc1ncc(CN)c(Oc2ccc(Cl)c(Cl)c2)n1. The number of rotatable bonds is 3. The highest BCUT2D eigenvalue weighted by Gasteiger charge is 2.08. The lowest BCUT2D eigenvalue weighted by molar-refractivity contribution is 0.453. The Balaban J connectivity index is 2.33. The van der Waals surface area contributed by atoms with Crippen molar-refractivity contribution in [2.45, 2.75) is 13.5 Å². The number of ether oxygens (including phenoxy) is 1. The van der Waals surface area contributed by atoms with E-state index >= 15 is 0 Å². The quantitative estimate of drug-likeness (QED) is 0.939. The van der Waals surface area contributed by atoms with Gasteiger partial charge in [0.25, 0.3) is 0 Å². The molecule has 6 heteroatoms. The smallest absolute Gasteiger partial charge is 0.227 e. The largest absolute Gasteiger partial charge is 0.439 e. The van der Waals surface area contributed by atoms with E-state index in [2.05, 4.69) is 9.97 Å². The molecular formula is C12H11Cl2N3O. The molecule has 1 aromatic carbocycles. The third kappa shape index (κ3) is 2.90. The van der Waals surface area contributed by atoms with Crippen LogP contribution in [0.25, 0.3) is 0 Å². The second kappa shape index (κ2) is 5.52. The van der Waals surface area contributed by atoms with Gasteiger partial charge in [0.1, 0.15) is 11.6 Å². The first kappa shape index (κ1) is 13.1. The van der Waals surface area contributed by atoms with Gasteiger partial charge in [-0.1, -0.05) is 23.2 Å². The molecule has 0 aliphatic heterocycles. The second-order valence-corrected chi connectivity index (χ2v) is 4.44. The molecule has 0 saturated carbocycles. The van der Waals surface area contributed by atoms with Gasteiger partial charge < -0.3 is 10.5 Å². The Bertz CT molecular complexity index is 575. The van der Waals surface area contributed by atoms with Crippen LogP contribution in [0.5, 0.6) is 11.6 Å². The third-order valence-electron chi connectivity index (χ3n) is 2.27. The molecule has 0 unspecified atom stereocenters. The first-order valence-corrected chi connectivity index (χ1v) is 6.01.